The van der Waals surface area contributed by atoms with Crippen LogP contribution in [-0.4, -0.2) is 30.4 Å². The molecule has 0 aromatic carbocycles. The molecule has 21 heavy (non-hydrogen) atoms. The second-order valence-corrected chi connectivity index (χ2v) is 6.78. The second-order valence-electron chi connectivity index (χ2n) is 6.78. The van der Waals surface area contributed by atoms with Crippen molar-refractivity contribution in [1.82, 2.24) is 16.0 Å². The summed E-state index contributed by atoms with van der Waals surface area (Å²) >= 11 is 0. The highest BCUT2D eigenvalue weighted by Gasteiger charge is 2.38. The van der Waals surface area contributed by atoms with Crippen LogP contribution in [0, 0.1) is 11.3 Å². The molecule has 0 bridgehead atoms. The zero-order valence-corrected chi connectivity index (χ0v) is 12.8. The molecule has 0 aromatic heterocycles. The first-order chi connectivity index (χ1) is 9.90. The number of nitrogens with one attached hydrogen (secondary N) is 3. The van der Waals surface area contributed by atoms with Gasteiger partial charge in [-0.25, -0.2) is 4.79 Å². The van der Waals surface area contributed by atoms with Crippen molar-refractivity contribution in [2.75, 3.05) is 6.54 Å². The number of carbonyl (C=O) groups excluding carboxylic acids is 3. The average molecular weight is 295 g/mol. The first-order valence-electron chi connectivity index (χ1n) is 7.78. The van der Waals surface area contributed by atoms with Gasteiger partial charge in [0.15, 0.2) is 0 Å². The number of rotatable bonds is 5. The molecular weight excluding hydrogens is 270 g/mol. The van der Waals surface area contributed by atoms with Crippen LogP contribution in [0.2, 0.25) is 0 Å². The van der Waals surface area contributed by atoms with Gasteiger partial charge in [-0.3, -0.25) is 14.9 Å². The van der Waals surface area contributed by atoms with E-state index in [2.05, 4.69) is 29.8 Å². The Labute approximate surface area is 125 Å². The molecule has 0 aromatic rings. The molecule has 1 aliphatic carbocycles. The maximum absolute atomic E-state index is 12.2. The minimum atomic E-state index is -0.618. The van der Waals surface area contributed by atoms with Crippen molar-refractivity contribution < 1.29 is 14.4 Å². The number of amides is 4. The van der Waals surface area contributed by atoms with E-state index in [9.17, 15) is 14.4 Å². The molecule has 2 rings (SSSR count). The predicted octanol–water partition coefficient (Wildman–Crippen LogP) is 1.31. The van der Waals surface area contributed by atoms with Gasteiger partial charge in [-0.05, 0) is 37.0 Å². The van der Waals surface area contributed by atoms with Crippen molar-refractivity contribution in [2.24, 2.45) is 11.3 Å². The van der Waals surface area contributed by atoms with Crippen LogP contribution in [0.15, 0.2) is 0 Å². The van der Waals surface area contributed by atoms with Gasteiger partial charge in [-0.2, -0.15) is 0 Å². The fourth-order valence-corrected chi connectivity index (χ4v) is 3.32. The molecule has 1 atom stereocenters. The van der Waals surface area contributed by atoms with Crippen LogP contribution in [0.25, 0.3) is 0 Å². The van der Waals surface area contributed by atoms with E-state index < -0.39 is 12.1 Å². The Hall–Kier alpha value is -1.59. The molecule has 4 amide bonds. The van der Waals surface area contributed by atoms with Gasteiger partial charge in [-0.1, -0.05) is 20.3 Å². The van der Waals surface area contributed by atoms with E-state index in [0.29, 0.717) is 18.9 Å². The molecular formula is C15H25N3O3. The van der Waals surface area contributed by atoms with Gasteiger partial charge in [0, 0.05) is 13.0 Å². The van der Waals surface area contributed by atoms with Crippen LogP contribution in [0.4, 0.5) is 4.79 Å². The van der Waals surface area contributed by atoms with E-state index in [1.165, 1.54) is 6.42 Å². The number of hydrogen-bond donors (Lipinski definition) is 3. The van der Waals surface area contributed by atoms with Crippen LogP contribution in [0.1, 0.15) is 52.4 Å². The monoisotopic (exact) mass is 295 g/mol. The highest BCUT2D eigenvalue weighted by atomic mass is 16.2. The third-order valence-electron chi connectivity index (χ3n) is 4.43. The van der Waals surface area contributed by atoms with Crippen LogP contribution in [0.5, 0.6) is 0 Å². The van der Waals surface area contributed by atoms with Crippen molar-refractivity contribution in [3.05, 3.63) is 0 Å². The lowest BCUT2D eigenvalue weighted by atomic mass is 9.64. The molecule has 0 radical (unpaired) electrons. The highest BCUT2D eigenvalue weighted by molar-refractivity contribution is 5.98. The molecule has 0 spiro atoms. The zero-order valence-electron chi connectivity index (χ0n) is 12.8. The van der Waals surface area contributed by atoms with Gasteiger partial charge < -0.3 is 10.6 Å². The Kier molecular flexibility index (Phi) is 4.85. The fraction of sp³-hybridized carbons (Fsp3) is 0.800. The third-order valence-corrected chi connectivity index (χ3v) is 4.43. The van der Waals surface area contributed by atoms with Gasteiger partial charge in [0.2, 0.25) is 11.8 Å². The Morgan fingerprint density at radius 2 is 2.10 bits per heavy atom. The molecule has 1 heterocycles. The van der Waals surface area contributed by atoms with E-state index in [1.807, 2.05) is 0 Å². The Balaban J connectivity index is 1.86. The summed E-state index contributed by atoms with van der Waals surface area (Å²) in [4.78, 5) is 34.9. The number of carbonyl (C=O) groups is 3. The Morgan fingerprint density at radius 3 is 2.67 bits per heavy atom. The smallest absolute Gasteiger partial charge is 0.322 e. The van der Waals surface area contributed by atoms with E-state index in [0.717, 1.165) is 19.3 Å². The lowest BCUT2D eigenvalue weighted by molar-refractivity contribution is -0.124. The van der Waals surface area contributed by atoms with Gasteiger partial charge in [0.1, 0.15) is 6.04 Å². The molecule has 1 saturated carbocycles. The molecule has 2 aliphatic rings. The molecule has 3 N–H and O–H groups in total. The zero-order chi connectivity index (χ0) is 15.5. The minimum Gasteiger partial charge on any atom is -0.354 e. The fourth-order valence-electron chi connectivity index (χ4n) is 3.32. The molecule has 6 heteroatoms. The maximum Gasteiger partial charge on any atom is 0.322 e. The Bertz CT molecular complexity index is 430. The summed E-state index contributed by atoms with van der Waals surface area (Å²) in [6.45, 7) is 5.06. The average Bonchev–Trinajstić information content (AvgIpc) is 2.52. The predicted molar refractivity (Wildman–Crippen MR) is 78.4 cm³/mol. The van der Waals surface area contributed by atoms with Gasteiger partial charge in [-0.15, -0.1) is 0 Å². The van der Waals surface area contributed by atoms with Gasteiger partial charge >= 0.3 is 6.03 Å². The van der Waals surface area contributed by atoms with Crippen molar-refractivity contribution in [2.45, 2.75) is 58.4 Å². The molecule has 2 fully saturated rings. The molecule has 118 valence electrons. The van der Waals surface area contributed by atoms with E-state index >= 15 is 0 Å². The van der Waals surface area contributed by atoms with Crippen LogP contribution in [-0.2, 0) is 9.59 Å². The number of urea groups is 1. The van der Waals surface area contributed by atoms with E-state index in [-0.39, 0.29) is 23.7 Å². The van der Waals surface area contributed by atoms with Gasteiger partial charge in [0.05, 0.1) is 0 Å². The maximum atomic E-state index is 12.2. The molecule has 1 aliphatic heterocycles. The summed E-state index contributed by atoms with van der Waals surface area (Å²) in [7, 11) is 0. The normalized spacial score (nSPS) is 24.6. The quantitative estimate of drug-likeness (QED) is 0.714. The lowest BCUT2D eigenvalue weighted by Crippen LogP contribution is -2.51. The third kappa shape index (κ3) is 4.19. The highest BCUT2D eigenvalue weighted by Crippen LogP contribution is 2.45. The second kappa shape index (κ2) is 6.45. The SMILES string of the molecule is CC(C)CC1(CNC(=O)[C@@H]2CCC(=O)NC(=O)N2)CCC1. The standard InChI is InChI=1S/C15H25N3O3/c1-10(2)8-15(6-3-7-15)9-16-13(20)11-4-5-12(19)18-14(21)17-11/h10-11H,3-9H2,1-2H3,(H,16,20)(H2,17,18,19,21)/t11-/m0/s1. The van der Waals surface area contributed by atoms with Crippen molar-refractivity contribution >= 4 is 17.8 Å². The lowest BCUT2D eigenvalue weighted by Gasteiger charge is -2.43. The number of hydrogen-bond acceptors (Lipinski definition) is 3. The number of imide groups is 1. The molecule has 0 unspecified atom stereocenters. The van der Waals surface area contributed by atoms with E-state index in [4.69, 9.17) is 0 Å². The Morgan fingerprint density at radius 1 is 1.38 bits per heavy atom. The van der Waals surface area contributed by atoms with Crippen LogP contribution in [0.3, 0.4) is 0 Å². The van der Waals surface area contributed by atoms with E-state index in [1.54, 1.807) is 0 Å². The summed E-state index contributed by atoms with van der Waals surface area (Å²) in [5.74, 6) is 0.0922. The summed E-state index contributed by atoms with van der Waals surface area (Å²) in [6.07, 6.45) is 5.19. The van der Waals surface area contributed by atoms with Crippen molar-refractivity contribution in [3.63, 3.8) is 0 Å². The van der Waals surface area contributed by atoms with Crippen molar-refractivity contribution in [3.8, 4) is 0 Å². The largest absolute Gasteiger partial charge is 0.354 e. The molecule has 1 saturated heterocycles. The first kappa shape index (κ1) is 15.8. The molecule has 6 nitrogen and oxygen atoms in total. The topological polar surface area (TPSA) is 87.3 Å². The van der Waals surface area contributed by atoms with Crippen LogP contribution < -0.4 is 16.0 Å². The first-order valence-corrected chi connectivity index (χ1v) is 7.78. The summed E-state index contributed by atoms with van der Waals surface area (Å²) in [6, 6.07) is -1.20. The van der Waals surface area contributed by atoms with Gasteiger partial charge in [0.25, 0.3) is 0 Å². The summed E-state index contributed by atoms with van der Waals surface area (Å²) < 4.78 is 0. The summed E-state index contributed by atoms with van der Waals surface area (Å²) in [5.41, 5.74) is 0.229. The van der Waals surface area contributed by atoms with Crippen LogP contribution >= 0.6 is 0 Å². The summed E-state index contributed by atoms with van der Waals surface area (Å²) in [5, 5.41) is 7.69. The minimum absolute atomic E-state index is 0.185. The van der Waals surface area contributed by atoms with Crippen molar-refractivity contribution in [1.29, 1.82) is 0 Å².